The van der Waals surface area contributed by atoms with Gasteiger partial charge in [0.2, 0.25) is 0 Å². The van der Waals surface area contributed by atoms with E-state index in [0.29, 0.717) is 30.2 Å². The zero-order chi connectivity index (χ0) is 19.8. The summed E-state index contributed by atoms with van der Waals surface area (Å²) in [4.78, 5) is 16.5. The normalized spacial score (nSPS) is 10.2. The lowest BCUT2D eigenvalue weighted by Gasteiger charge is -2.10. The van der Waals surface area contributed by atoms with Gasteiger partial charge in [0.05, 0.1) is 26.1 Å². The van der Waals surface area contributed by atoms with Crippen molar-refractivity contribution in [2.24, 2.45) is 0 Å². The van der Waals surface area contributed by atoms with Gasteiger partial charge in [-0.25, -0.2) is 4.98 Å². The van der Waals surface area contributed by atoms with Crippen molar-refractivity contribution in [1.82, 2.24) is 10.3 Å². The summed E-state index contributed by atoms with van der Waals surface area (Å²) in [5.41, 5.74) is 3.23. The van der Waals surface area contributed by atoms with Crippen molar-refractivity contribution in [2.45, 2.75) is 6.42 Å². The van der Waals surface area contributed by atoms with Crippen molar-refractivity contribution in [2.75, 3.05) is 26.1 Å². The van der Waals surface area contributed by atoms with Crippen LogP contribution >= 0.6 is 0 Å². The second-order valence-corrected chi connectivity index (χ2v) is 6.12. The first-order chi connectivity index (χ1) is 13.7. The summed E-state index contributed by atoms with van der Waals surface area (Å²) in [6, 6.07) is 19.1. The molecule has 0 fully saturated rings. The third-order valence-electron chi connectivity index (χ3n) is 4.21. The Hall–Kier alpha value is -3.54. The third-order valence-corrected chi connectivity index (χ3v) is 4.21. The summed E-state index contributed by atoms with van der Waals surface area (Å²) < 4.78 is 10.5. The SMILES string of the molecule is COc1ccc(CCNC(=O)c2ccc(Nc3ccccc3)cn2)cc1OC. The lowest BCUT2D eigenvalue weighted by Crippen LogP contribution is -2.26. The number of pyridine rings is 1. The van der Waals surface area contributed by atoms with Crippen LogP contribution in [0.1, 0.15) is 16.1 Å². The molecule has 28 heavy (non-hydrogen) atoms. The standard InChI is InChI=1S/C22H23N3O3/c1-27-20-11-8-16(14-21(20)28-2)12-13-23-22(26)19-10-9-18(15-24-19)25-17-6-4-3-5-7-17/h3-11,14-15,25H,12-13H2,1-2H3,(H,23,26). The molecule has 1 amide bonds. The first-order valence-electron chi connectivity index (χ1n) is 8.97. The molecule has 0 atom stereocenters. The van der Waals surface area contributed by atoms with Gasteiger partial charge in [0.25, 0.3) is 5.91 Å². The Labute approximate surface area is 164 Å². The van der Waals surface area contributed by atoms with E-state index >= 15 is 0 Å². The van der Waals surface area contributed by atoms with E-state index < -0.39 is 0 Å². The number of para-hydroxylation sites is 1. The monoisotopic (exact) mass is 377 g/mol. The maximum Gasteiger partial charge on any atom is 0.269 e. The molecule has 6 nitrogen and oxygen atoms in total. The van der Waals surface area contributed by atoms with Crippen molar-refractivity contribution in [3.8, 4) is 11.5 Å². The van der Waals surface area contributed by atoms with Crippen LogP contribution in [0.3, 0.4) is 0 Å². The summed E-state index contributed by atoms with van der Waals surface area (Å²) in [5, 5.41) is 6.13. The molecule has 2 aromatic carbocycles. The van der Waals surface area contributed by atoms with Crippen LogP contribution in [0.2, 0.25) is 0 Å². The molecule has 3 rings (SSSR count). The van der Waals surface area contributed by atoms with Gasteiger partial charge < -0.3 is 20.1 Å². The molecule has 0 radical (unpaired) electrons. The highest BCUT2D eigenvalue weighted by Gasteiger charge is 2.08. The number of hydrogen-bond acceptors (Lipinski definition) is 5. The molecule has 0 bridgehead atoms. The Kier molecular flexibility index (Phi) is 6.46. The number of rotatable bonds is 8. The molecule has 0 unspecified atom stereocenters. The number of nitrogens with one attached hydrogen (secondary N) is 2. The first kappa shape index (κ1) is 19.2. The summed E-state index contributed by atoms with van der Waals surface area (Å²) in [6.45, 7) is 0.500. The van der Waals surface area contributed by atoms with Crippen molar-refractivity contribution in [3.05, 3.63) is 78.1 Å². The molecule has 0 saturated carbocycles. The van der Waals surface area contributed by atoms with Gasteiger partial charge >= 0.3 is 0 Å². The third kappa shape index (κ3) is 5.01. The maximum atomic E-state index is 12.3. The Balaban J connectivity index is 1.52. The van der Waals surface area contributed by atoms with E-state index in [1.54, 1.807) is 26.5 Å². The molecule has 0 aliphatic heterocycles. The van der Waals surface area contributed by atoms with E-state index in [9.17, 15) is 4.79 Å². The van der Waals surface area contributed by atoms with Gasteiger partial charge in [-0.2, -0.15) is 0 Å². The predicted molar refractivity (Wildman–Crippen MR) is 110 cm³/mol. The molecule has 6 heteroatoms. The Morgan fingerprint density at radius 3 is 2.39 bits per heavy atom. The molecule has 0 saturated heterocycles. The molecule has 0 spiro atoms. The van der Waals surface area contributed by atoms with Gasteiger partial charge in [-0.15, -0.1) is 0 Å². The molecule has 1 heterocycles. The lowest BCUT2D eigenvalue weighted by molar-refractivity contribution is 0.0949. The molecular formula is C22H23N3O3. The van der Waals surface area contributed by atoms with Crippen LogP contribution < -0.4 is 20.1 Å². The van der Waals surface area contributed by atoms with Gasteiger partial charge in [-0.1, -0.05) is 24.3 Å². The van der Waals surface area contributed by atoms with Crippen LogP contribution in [0.4, 0.5) is 11.4 Å². The van der Waals surface area contributed by atoms with E-state index in [1.165, 1.54) is 0 Å². The number of benzene rings is 2. The highest BCUT2D eigenvalue weighted by Crippen LogP contribution is 2.27. The number of methoxy groups -OCH3 is 2. The van der Waals surface area contributed by atoms with Gasteiger partial charge in [0.15, 0.2) is 11.5 Å². The van der Waals surface area contributed by atoms with Crippen LogP contribution in [0.25, 0.3) is 0 Å². The number of aromatic nitrogens is 1. The Morgan fingerprint density at radius 1 is 0.929 bits per heavy atom. The predicted octanol–water partition coefficient (Wildman–Crippen LogP) is 3.81. The molecular weight excluding hydrogens is 354 g/mol. The van der Waals surface area contributed by atoms with Crippen LogP contribution in [-0.4, -0.2) is 31.7 Å². The molecule has 144 valence electrons. The highest BCUT2D eigenvalue weighted by atomic mass is 16.5. The molecule has 3 aromatic rings. The average Bonchev–Trinajstić information content (AvgIpc) is 2.74. The molecule has 1 aromatic heterocycles. The maximum absolute atomic E-state index is 12.3. The molecule has 2 N–H and O–H groups in total. The van der Waals surface area contributed by atoms with E-state index in [4.69, 9.17) is 9.47 Å². The van der Waals surface area contributed by atoms with Gasteiger partial charge in [-0.05, 0) is 48.4 Å². The molecule has 0 aliphatic carbocycles. The second kappa shape index (κ2) is 9.41. The summed E-state index contributed by atoms with van der Waals surface area (Å²) in [5.74, 6) is 1.16. The number of carbonyl (C=O) groups is 1. The molecule has 0 aliphatic rings. The minimum absolute atomic E-state index is 0.202. The van der Waals surface area contributed by atoms with E-state index in [0.717, 1.165) is 16.9 Å². The summed E-state index contributed by atoms with van der Waals surface area (Å²) in [6.07, 6.45) is 2.33. The minimum Gasteiger partial charge on any atom is -0.493 e. The van der Waals surface area contributed by atoms with Gasteiger partial charge in [0, 0.05) is 12.2 Å². The van der Waals surface area contributed by atoms with Gasteiger partial charge in [-0.3, -0.25) is 4.79 Å². The van der Waals surface area contributed by atoms with E-state index in [-0.39, 0.29) is 5.91 Å². The van der Waals surface area contributed by atoms with E-state index in [1.807, 2.05) is 54.6 Å². The van der Waals surface area contributed by atoms with E-state index in [2.05, 4.69) is 15.6 Å². The zero-order valence-electron chi connectivity index (χ0n) is 15.9. The van der Waals surface area contributed by atoms with Crippen LogP contribution in [0.5, 0.6) is 11.5 Å². The van der Waals surface area contributed by atoms with Crippen molar-refractivity contribution >= 4 is 17.3 Å². The minimum atomic E-state index is -0.202. The number of nitrogens with zero attached hydrogens (tertiary/aromatic N) is 1. The Bertz CT molecular complexity index is 912. The fourth-order valence-corrected chi connectivity index (χ4v) is 2.74. The van der Waals surface area contributed by atoms with Crippen LogP contribution in [-0.2, 0) is 6.42 Å². The fraction of sp³-hybridized carbons (Fsp3) is 0.182. The number of ether oxygens (including phenoxy) is 2. The number of hydrogen-bond donors (Lipinski definition) is 2. The van der Waals surface area contributed by atoms with Crippen LogP contribution in [0, 0.1) is 0 Å². The number of carbonyl (C=O) groups excluding carboxylic acids is 1. The number of anilines is 2. The van der Waals surface area contributed by atoms with Crippen molar-refractivity contribution in [1.29, 1.82) is 0 Å². The second-order valence-electron chi connectivity index (χ2n) is 6.12. The first-order valence-corrected chi connectivity index (χ1v) is 8.97. The Morgan fingerprint density at radius 2 is 1.71 bits per heavy atom. The smallest absolute Gasteiger partial charge is 0.269 e. The summed E-state index contributed by atoms with van der Waals surface area (Å²) in [7, 11) is 3.21. The van der Waals surface area contributed by atoms with Gasteiger partial charge in [0.1, 0.15) is 5.69 Å². The van der Waals surface area contributed by atoms with Crippen LogP contribution in [0.15, 0.2) is 66.9 Å². The zero-order valence-corrected chi connectivity index (χ0v) is 15.9. The lowest BCUT2D eigenvalue weighted by atomic mass is 10.1. The largest absolute Gasteiger partial charge is 0.493 e. The quantitative estimate of drug-likeness (QED) is 0.624. The van der Waals surface area contributed by atoms with Crippen molar-refractivity contribution in [3.63, 3.8) is 0 Å². The van der Waals surface area contributed by atoms with Crippen molar-refractivity contribution < 1.29 is 14.3 Å². The topological polar surface area (TPSA) is 72.5 Å². The number of amides is 1. The average molecular weight is 377 g/mol. The summed E-state index contributed by atoms with van der Waals surface area (Å²) >= 11 is 0. The fourth-order valence-electron chi connectivity index (χ4n) is 2.74. The highest BCUT2D eigenvalue weighted by molar-refractivity contribution is 5.92.